The van der Waals surface area contributed by atoms with Crippen molar-refractivity contribution >= 4 is 35.7 Å². The summed E-state index contributed by atoms with van der Waals surface area (Å²) in [5.41, 5.74) is 2.70. The Bertz CT molecular complexity index is 723. The molecule has 0 aromatic heterocycles. The fourth-order valence-electron chi connectivity index (χ4n) is 2.25. The van der Waals surface area contributed by atoms with E-state index in [1.807, 2.05) is 38.1 Å². The molecule has 0 aliphatic carbocycles. The van der Waals surface area contributed by atoms with E-state index in [-0.39, 0.29) is 24.3 Å². The fourth-order valence-corrected chi connectivity index (χ4v) is 2.25. The van der Waals surface area contributed by atoms with Crippen molar-refractivity contribution in [3.05, 3.63) is 59.7 Å². The molecule has 0 bridgehead atoms. The van der Waals surface area contributed by atoms with E-state index in [2.05, 4.69) is 21.3 Å². The fraction of sp³-hybridized carbons (Fsp3) is 0.263. The molecule has 0 heterocycles. The van der Waals surface area contributed by atoms with Crippen LogP contribution in [0.25, 0.3) is 0 Å². The Balaban J connectivity index is 0.00000338. The summed E-state index contributed by atoms with van der Waals surface area (Å²) in [6.07, 6.45) is 0. The zero-order chi connectivity index (χ0) is 18.1. The van der Waals surface area contributed by atoms with Gasteiger partial charge in [0, 0.05) is 30.0 Å². The Labute approximate surface area is 160 Å². The zero-order valence-corrected chi connectivity index (χ0v) is 15.8. The zero-order valence-electron chi connectivity index (χ0n) is 15.0. The summed E-state index contributed by atoms with van der Waals surface area (Å²) in [5.74, 6) is -0.163. The van der Waals surface area contributed by atoms with Crippen molar-refractivity contribution in [3.63, 3.8) is 0 Å². The van der Waals surface area contributed by atoms with Crippen LogP contribution in [0.2, 0.25) is 0 Å². The molecule has 0 saturated carbocycles. The molecule has 3 amide bonds. The lowest BCUT2D eigenvalue weighted by molar-refractivity contribution is 0.0954. The van der Waals surface area contributed by atoms with Crippen molar-refractivity contribution in [1.29, 1.82) is 0 Å². The van der Waals surface area contributed by atoms with Gasteiger partial charge in [0.15, 0.2) is 0 Å². The highest BCUT2D eigenvalue weighted by Crippen LogP contribution is 2.17. The highest BCUT2D eigenvalue weighted by molar-refractivity contribution is 6.02. The molecule has 0 unspecified atom stereocenters. The Morgan fingerprint density at radius 3 is 2.38 bits per heavy atom. The number of nitrogens with one attached hydrogen (secondary N) is 4. The average molecular weight is 377 g/mol. The molecule has 6 nitrogen and oxygen atoms in total. The van der Waals surface area contributed by atoms with Crippen LogP contribution >= 0.6 is 12.4 Å². The molecule has 7 heteroatoms. The molecule has 0 atom stereocenters. The molecule has 0 radical (unpaired) electrons. The molecule has 0 aliphatic heterocycles. The second-order valence-electron chi connectivity index (χ2n) is 5.58. The van der Waals surface area contributed by atoms with Gasteiger partial charge in [0.05, 0.1) is 0 Å². The van der Waals surface area contributed by atoms with E-state index >= 15 is 0 Å². The smallest absolute Gasteiger partial charge is 0.323 e. The SMILES string of the molecule is CCNCCNC(=O)c1ccc(C)c(NC(=O)Nc2ccccc2)c1.Cl. The maximum atomic E-state index is 12.2. The molecule has 0 saturated heterocycles. The van der Waals surface area contributed by atoms with Crippen LogP contribution in [0, 0.1) is 6.92 Å². The second kappa shape index (κ2) is 11.1. The third-order valence-electron chi connectivity index (χ3n) is 3.62. The van der Waals surface area contributed by atoms with Gasteiger partial charge in [-0.1, -0.05) is 31.2 Å². The predicted octanol–water partition coefficient (Wildman–Crippen LogP) is 3.40. The predicted molar refractivity (Wildman–Crippen MR) is 108 cm³/mol. The van der Waals surface area contributed by atoms with Crippen LogP contribution in [0.1, 0.15) is 22.8 Å². The maximum absolute atomic E-state index is 12.2. The van der Waals surface area contributed by atoms with Crippen molar-refractivity contribution < 1.29 is 9.59 Å². The Morgan fingerprint density at radius 2 is 1.69 bits per heavy atom. The Morgan fingerprint density at radius 1 is 0.962 bits per heavy atom. The topological polar surface area (TPSA) is 82.3 Å². The number of hydrogen-bond acceptors (Lipinski definition) is 3. The number of urea groups is 1. The number of halogens is 1. The van der Waals surface area contributed by atoms with Gasteiger partial charge in [-0.2, -0.15) is 0 Å². The van der Waals surface area contributed by atoms with E-state index in [1.54, 1.807) is 24.3 Å². The van der Waals surface area contributed by atoms with Gasteiger partial charge in [0.2, 0.25) is 0 Å². The van der Waals surface area contributed by atoms with Crippen LogP contribution in [0.4, 0.5) is 16.2 Å². The minimum absolute atomic E-state index is 0. The van der Waals surface area contributed by atoms with Crippen LogP contribution in [-0.4, -0.2) is 31.6 Å². The third kappa shape index (κ3) is 6.74. The number of hydrogen-bond donors (Lipinski definition) is 4. The van der Waals surface area contributed by atoms with E-state index in [0.29, 0.717) is 23.5 Å². The number of para-hydroxylation sites is 1. The lowest BCUT2D eigenvalue weighted by Crippen LogP contribution is -2.31. The van der Waals surface area contributed by atoms with Gasteiger partial charge in [-0.05, 0) is 43.3 Å². The summed E-state index contributed by atoms with van der Waals surface area (Å²) < 4.78 is 0. The highest BCUT2D eigenvalue weighted by atomic mass is 35.5. The molecule has 0 spiro atoms. The second-order valence-corrected chi connectivity index (χ2v) is 5.58. The van der Waals surface area contributed by atoms with Gasteiger partial charge in [0.1, 0.15) is 0 Å². The first kappa shape index (κ1) is 21.5. The number of likely N-dealkylation sites (N-methyl/N-ethyl adjacent to an activating group) is 1. The first-order valence-corrected chi connectivity index (χ1v) is 8.32. The lowest BCUT2D eigenvalue weighted by atomic mass is 10.1. The van der Waals surface area contributed by atoms with Gasteiger partial charge >= 0.3 is 6.03 Å². The van der Waals surface area contributed by atoms with Gasteiger partial charge in [0.25, 0.3) is 5.91 Å². The number of carbonyl (C=O) groups is 2. The number of amides is 3. The Hall–Kier alpha value is -2.57. The normalized spacial score (nSPS) is 9.77. The molecule has 26 heavy (non-hydrogen) atoms. The first-order chi connectivity index (χ1) is 12.1. The molecule has 2 aromatic carbocycles. The van der Waals surface area contributed by atoms with E-state index in [4.69, 9.17) is 0 Å². The summed E-state index contributed by atoms with van der Waals surface area (Å²) in [7, 11) is 0. The molecule has 0 aliphatic rings. The summed E-state index contributed by atoms with van der Waals surface area (Å²) in [6, 6.07) is 14.1. The Kier molecular flexibility index (Phi) is 9.19. The van der Waals surface area contributed by atoms with Gasteiger partial charge in [-0.3, -0.25) is 4.79 Å². The monoisotopic (exact) mass is 376 g/mol. The molecule has 2 aromatic rings. The van der Waals surface area contributed by atoms with Crippen LogP contribution in [-0.2, 0) is 0 Å². The van der Waals surface area contributed by atoms with E-state index < -0.39 is 0 Å². The molecule has 2 rings (SSSR count). The molecule has 140 valence electrons. The van der Waals surface area contributed by atoms with Gasteiger partial charge in [-0.25, -0.2) is 4.79 Å². The summed E-state index contributed by atoms with van der Waals surface area (Å²) in [6.45, 7) is 6.03. The van der Waals surface area contributed by atoms with E-state index in [1.165, 1.54) is 0 Å². The van der Waals surface area contributed by atoms with Crippen molar-refractivity contribution in [2.75, 3.05) is 30.3 Å². The van der Waals surface area contributed by atoms with Crippen LogP contribution in [0.15, 0.2) is 48.5 Å². The number of rotatable bonds is 7. The van der Waals surface area contributed by atoms with E-state index in [9.17, 15) is 9.59 Å². The van der Waals surface area contributed by atoms with Crippen LogP contribution in [0.5, 0.6) is 0 Å². The number of benzene rings is 2. The van der Waals surface area contributed by atoms with Crippen molar-refractivity contribution in [2.45, 2.75) is 13.8 Å². The standard InChI is InChI=1S/C19H24N4O2.ClH/c1-3-20-11-12-21-18(24)15-10-9-14(2)17(13-15)23-19(25)22-16-7-5-4-6-8-16;/h4-10,13,20H,3,11-12H2,1-2H3,(H,21,24)(H2,22,23,25);1H. The summed E-state index contributed by atoms with van der Waals surface area (Å²) in [4.78, 5) is 24.3. The number of anilines is 2. The quantitative estimate of drug-likeness (QED) is 0.559. The van der Waals surface area contributed by atoms with Gasteiger partial charge in [-0.15, -0.1) is 12.4 Å². The van der Waals surface area contributed by atoms with Crippen LogP contribution < -0.4 is 21.3 Å². The van der Waals surface area contributed by atoms with Crippen molar-refractivity contribution in [3.8, 4) is 0 Å². The average Bonchev–Trinajstić information content (AvgIpc) is 2.61. The molecule has 4 N–H and O–H groups in total. The summed E-state index contributed by atoms with van der Waals surface area (Å²) >= 11 is 0. The maximum Gasteiger partial charge on any atom is 0.323 e. The molecular formula is C19H25ClN4O2. The van der Waals surface area contributed by atoms with E-state index in [0.717, 1.165) is 18.7 Å². The lowest BCUT2D eigenvalue weighted by Gasteiger charge is -2.12. The summed E-state index contributed by atoms with van der Waals surface area (Å²) in [5, 5.41) is 11.5. The highest BCUT2D eigenvalue weighted by Gasteiger charge is 2.10. The number of carbonyl (C=O) groups excluding carboxylic acids is 2. The molecule has 0 fully saturated rings. The van der Waals surface area contributed by atoms with Crippen molar-refractivity contribution in [2.24, 2.45) is 0 Å². The first-order valence-electron chi connectivity index (χ1n) is 8.32. The number of aryl methyl sites for hydroxylation is 1. The largest absolute Gasteiger partial charge is 0.351 e. The van der Waals surface area contributed by atoms with Crippen molar-refractivity contribution in [1.82, 2.24) is 10.6 Å². The van der Waals surface area contributed by atoms with Gasteiger partial charge < -0.3 is 21.3 Å². The minimum atomic E-state index is -0.348. The molecular weight excluding hydrogens is 352 g/mol. The minimum Gasteiger partial charge on any atom is -0.351 e. The van der Waals surface area contributed by atoms with Crippen LogP contribution in [0.3, 0.4) is 0 Å². The third-order valence-corrected chi connectivity index (χ3v) is 3.62.